The molecular formula is C8H13N2O4. The van der Waals surface area contributed by atoms with Crippen LogP contribution in [0.15, 0.2) is 0 Å². The van der Waals surface area contributed by atoms with Crippen LogP contribution in [0.2, 0.25) is 0 Å². The Morgan fingerprint density at radius 2 is 2.14 bits per heavy atom. The minimum absolute atomic E-state index is 0.131. The molecule has 1 aliphatic rings. The van der Waals surface area contributed by atoms with Crippen molar-refractivity contribution in [1.82, 2.24) is 4.90 Å². The predicted molar refractivity (Wildman–Crippen MR) is 47.6 cm³/mol. The summed E-state index contributed by atoms with van der Waals surface area (Å²) in [5, 5.41) is 9.14. The van der Waals surface area contributed by atoms with Crippen molar-refractivity contribution in [2.75, 3.05) is 19.7 Å². The molecule has 79 valence electrons. The van der Waals surface area contributed by atoms with Crippen molar-refractivity contribution >= 4 is 5.91 Å². The minimum atomic E-state index is -0.779. The van der Waals surface area contributed by atoms with Gasteiger partial charge in [-0.15, -0.1) is 10.1 Å². The smallest absolute Gasteiger partial charge is 0.294 e. The second kappa shape index (κ2) is 4.78. The summed E-state index contributed by atoms with van der Waals surface area (Å²) in [5.74, 6) is -0.00496. The van der Waals surface area contributed by atoms with Gasteiger partial charge in [0.15, 0.2) is 0 Å². The SMILES string of the molecule is [CH2]C(=O)N1CCC(CO[N+](=O)[O-])CC1. The molecule has 0 unspecified atom stereocenters. The molecule has 6 nitrogen and oxygen atoms in total. The van der Waals surface area contributed by atoms with E-state index in [4.69, 9.17) is 0 Å². The average molecular weight is 201 g/mol. The summed E-state index contributed by atoms with van der Waals surface area (Å²) in [6.45, 7) is 4.68. The molecule has 0 aromatic heterocycles. The molecule has 1 rings (SSSR count). The molecule has 1 radical (unpaired) electrons. The van der Waals surface area contributed by atoms with E-state index >= 15 is 0 Å². The fourth-order valence-corrected chi connectivity index (χ4v) is 1.52. The first-order chi connectivity index (χ1) is 6.59. The van der Waals surface area contributed by atoms with Crippen LogP contribution in [-0.2, 0) is 9.63 Å². The van der Waals surface area contributed by atoms with Crippen molar-refractivity contribution in [3.63, 3.8) is 0 Å². The van der Waals surface area contributed by atoms with Crippen molar-refractivity contribution in [1.29, 1.82) is 0 Å². The van der Waals surface area contributed by atoms with Crippen LogP contribution in [0, 0.1) is 23.0 Å². The highest BCUT2D eigenvalue weighted by molar-refractivity contribution is 5.80. The number of carbonyl (C=O) groups is 1. The van der Waals surface area contributed by atoms with Crippen LogP contribution < -0.4 is 0 Å². The first-order valence-electron chi connectivity index (χ1n) is 4.47. The number of nitrogens with zero attached hydrogens (tertiary/aromatic N) is 2. The molecule has 1 heterocycles. The van der Waals surface area contributed by atoms with Crippen LogP contribution in [0.25, 0.3) is 0 Å². The third-order valence-corrected chi connectivity index (χ3v) is 2.38. The maximum Gasteiger partial charge on any atom is 0.294 e. The number of likely N-dealkylation sites (tertiary alicyclic amines) is 1. The van der Waals surface area contributed by atoms with E-state index in [9.17, 15) is 14.9 Å². The van der Waals surface area contributed by atoms with Gasteiger partial charge in [-0.05, 0) is 18.8 Å². The Hall–Kier alpha value is -1.33. The fourth-order valence-electron chi connectivity index (χ4n) is 1.52. The lowest BCUT2D eigenvalue weighted by Crippen LogP contribution is -2.38. The molecule has 0 atom stereocenters. The summed E-state index contributed by atoms with van der Waals surface area (Å²) in [4.78, 5) is 26.7. The molecule has 0 saturated carbocycles. The van der Waals surface area contributed by atoms with Crippen molar-refractivity contribution < 1.29 is 14.7 Å². The quantitative estimate of drug-likeness (QED) is 0.485. The fraction of sp³-hybridized carbons (Fsp3) is 0.750. The molecule has 0 aromatic carbocycles. The third-order valence-electron chi connectivity index (χ3n) is 2.38. The van der Waals surface area contributed by atoms with Crippen LogP contribution in [0.5, 0.6) is 0 Å². The maximum absolute atomic E-state index is 10.8. The topological polar surface area (TPSA) is 72.7 Å². The first kappa shape index (κ1) is 10.7. The summed E-state index contributed by atoms with van der Waals surface area (Å²) >= 11 is 0. The Morgan fingerprint density at radius 3 is 2.57 bits per heavy atom. The van der Waals surface area contributed by atoms with Gasteiger partial charge >= 0.3 is 0 Å². The van der Waals surface area contributed by atoms with E-state index in [0.29, 0.717) is 13.1 Å². The number of hydrogen-bond donors (Lipinski definition) is 0. The van der Waals surface area contributed by atoms with E-state index in [1.165, 1.54) is 0 Å². The van der Waals surface area contributed by atoms with E-state index in [-0.39, 0.29) is 18.4 Å². The van der Waals surface area contributed by atoms with Crippen molar-refractivity contribution in [2.45, 2.75) is 12.8 Å². The number of carbonyl (C=O) groups excluding carboxylic acids is 1. The van der Waals surface area contributed by atoms with Crippen LogP contribution >= 0.6 is 0 Å². The highest BCUT2D eigenvalue weighted by Gasteiger charge is 2.21. The van der Waals surface area contributed by atoms with Gasteiger partial charge in [0.05, 0.1) is 6.61 Å². The molecule has 1 fully saturated rings. The van der Waals surface area contributed by atoms with Crippen molar-refractivity contribution in [3.05, 3.63) is 17.0 Å². The number of hydrogen-bond acceptors (Lipinski definition) is 4. The highest BCUT2D eigenvalue weighted by Crippen LogP contribution is 2.17. The zero-order valence-electron chi connectivity index (χ0n) is 7.85. The third kappa shape index (κ3) is 3.20. The van der Waals surface area contributed by atoms with Gasteiger partial charge in [-0.1, -0.05) is 0 Å². The normalized spacial score (nSPS) is 17.9. The van der Waals surface area contributed by atoms with E-state index in [2.05, 4.69) is 11.8 Å². The summed E-state index contributed by atoms with van der Waals surface area (Å²) in [5.41, 5.74) is 0. The zero-order chi connectivity index (χ0) is 10.6. The van der Waals surface area contributed by atoms with Gasteiger partial charge < -0.3 is 9.74 Å². The molecule has 1 amide bonds. The van der Waals surface area contributed by atoms with Crippen LogP contribution in [0.1, 0.15) is 12.8 Å². The second-order valence-corrected chi connectivity index (χ2v) is 3.34. The number of amides is 1. The Bertz CT molecular complexity index is 223. The lowest BCUT2D eigenvalue weighted by atomic mass is 9.98. The summed E-state index contributed by atoms with van der Waals surface area (Å²) in [7, 11) is 0. The van der Waals surface area contributed by atoms with Gasteiger partial charge in [0.1, 0.15) is 0 Å². The van der Waals surface area contributed by atoms with E-state index in [1.54, 1.807) is 4.90 Å². The summed E-state index contributed by atoms with van der Waals surface area (Å²) in [6.07, 6.45) is 1.49. The predicted octanol–water partition coefficient (Wildman–Crippen LogP) is 0.267. The summed E-state index contributed by atoms with van der Waals surface area (Å²) < 4.78 is 0. The standard InChI is InChI=1S/C8H13N2O4/c1-7(11)9-4-2-8(3-5-9)6-14-10(12)13/h8H,1-6H2. The number of rotatable bonds is 3. The van der Waals surface area contributed by atoms with Gasteiger partial charge in [-0.2, -0.15) is 0 Å². The average Bonchev–Trinajstić information content (AvgIpc) is 2.15. The molecule has 0 N–H and O–H groups in total. The lowest BCUT2D eigenvalue weighted by molar-refractivity contribution is -0.759. The van der Waals surface area contributed by atoms with Crippen molar-refractivity contribution in [2.24, 2.45) is 5.92 Å². The number of piperidine rings is 1. The van der Waals surface area contributed by atoms with Crippen LogP contribution in [0.4, 0.5) is 0 Å². The zero-order valence-corrected chi connectivity index (χ0v) is 7.85. The van der Waals surface area contributed by atoms with E-state index < -0.39 is 5.09 Å². The maximum atomic E-state index is 10.8. The van der Waals surface area contributed by atoms with Crippen LogP contribution in [0.3, 0.4) is 0 Å². The molecule has 0 bridgehead atoms. The Morgan fingerprint density at radius 1 is 1.57 bits per heavy atom. The largest absolute Gasteiger partial charge is 0.343 e. The van der Waals surface area contributed by atoms with Gasteiger partial charge in [0.25, 0.3) is 5.09 Å². The molecule has 1 aliphatic heterocycles. The second-order valence-electron chi connectivity index (χ2n) is 3.34. The first-order valence-corrected chi connectivity index (χ1v) is 4.47. The molecule has 14 heavy (non-hydrogen) atoms. The van der Waals surface area contributed by atoms with Gasteiger partial charge in [-0.3, -0.25) is 4.79 Å². The molecule has 0 spiro atoms. The lowest BCUT2D eigenvalue weighted by Gasteiger charge is -2.30. The summed E-state index contributed by atoms with van der Waals surface area (Å²) in [6, 6.07) is 0. The van der Waals surface area contributed by atoms with Crippen molar-refractivity contribution in [3.8, 4) is 0 Å². The molecule has 6 heteroatoms. The van der Waals surface area contributed by atoms with Gasteiger partial charge in [0.2, 0.25) is 5.91 Å². The highest BCUT2D eigenvalue weighted by atomic mass is 16.9. The Balaban J connectivity index is 2.22. The van der Waals surface area contributed by atoms with Gasteiger partial charge in [-0.25, -0.2) is 0 Å². The molecule has 1 saturated heterocycles. The van der Waals surface area contributed by atoms with Gasteiger partial charge in [0, 0.05) is 20.0 Å². The van der Waals surface area contributed by atoms with Crippen LogP contribution in [-0.4, -0.2) is 35.6 Å². The van der Waals surface area contributed by atoms with E-state index in [1.807, 2.05) is 0 Å². The monoisotopic (exact) mass is 201 g/mol. The Labute approximate surface area is 81.9 Å². The molecule has 0 aliphatic carbocycles. The Kier molecular flexibility index (Phi) is 3.67. The molecular weight excluding hydrogens is 188 g/mol. The molecule has 0 aromatic rings. The van der Waals surface area contributed by atoms with E-state index in [0.717, 1.165) is 12.8 Å². The minimum Gasteiger partial charge on any atom is -0.343 e.